The second-order valence-electron chi connectivity index (χ2n) is 4.65. The van der Waals surface area contributed by atoms with Crippen molar-refractivity contribution < 1.29 is 9.59 Å². The number of benzene rings is 1. The molecule has 3 rings (SSSR count). The highest BCUT2D eigenvalue weighted by molar-refractivity contribution is 7.99. The molecular weight excluding hydrogens is 286 g/mol. The number of fused-ring (bicyclic) bond motifs is 1. The summed E-state index contributed by atoms with van der Waals surface area (Å²) in [5, 5.41) is 0.911. The zero-order valence-corrected chi connectivity index (χ0v) is 12.5. The van der Waals surface area contributed by atoms with Crippen LogP contribution in [0.2, 0.25) is 0 Å². The molecule has 1 aliphatic heterocycles. The Balaban J connectivity index is 1.65. The fourth-order valence-corrected chi connectivity index (χ4v) is 3.29. The summed E-state index contributed by atoms with van der Waals surface area (Å²) in [6.45, 7) is 3.30. The smallest absolute Gasteiger partial charge is 0.261 e. The molecule has 0 aliphatic carbocycles. The SMILES string of the molecule is CCn1ccnc1SCCN1C(=O)c2ccccc2C1=O. The standard InChI is InChI=1S/C15H15N3O2S/c1-2-17-8-7-16-15(17)21-10-9-18-13(19)11-5-3-4-6-12(11)14(18)20/h3-8H,2,9-10H2,1H3. The quantitative estimate of drug-likeness (QED) is 0.628. The van der Waals surface area contributed by atoms with Crippen LogP contribution >= 0.6 is 11.8 Å². The molecule has 6 heteroatoms. The lowest BCUT2D eigenvalue weighted by molar-refractivity contribution is 0.0664. The van der Waals surface area contributed by atoms with E-state index in [1.807, 2.05) is 10.8 Å². The van der Waals surface area contributed by atoms with Crippen LogP contribution in [0.15, 0.2) is 41.8 Å². The number of hydrogen-bond acceptors (Lipinski definition) is 4. The summed E-state index contributed by atoms with van der Waals surface area (Å²) in [5.74, 6) is 0.243. The van der Waals surface area contributed by atoms with Gasteiger partial charge in [0.1, 0.15) is 0 Å². The molecule has 2 heterocycles. The van der Waals surface area contributed by atoms with Gasteiger partial charge in [-0.3, -0.25) is 14.5 Å². The number of nitrogens with zero attached hydrogens (tertiary/aromatic N) is 3. The molecule has 2 amide bonds. The van der Waals surface area contributed by atoms with Gasteiger partial charge in [0.25, 0.3) is 11.8 Å². The zero-order chi connectivity index (χ0) is 14.8. The van der Waals surface area contributed by atoms with Gasteiger partial charge in [-0.2, -0.15) is 0 Å². The van der Waals surface area contributed by atoms with Crippen molar-refractivity contribution in [1.82, 2.24) is 14.5 Å². The largest absolute Gasteiger partial charge is 0.326 e. The molecule has 0 atom stereocenters. The third kappa shape index (κ3) is 2.47. The van der Waals surface area contributed by atoms with E-state index >= 15 is 0 Å². The average Bonchev–Trinajstić information content (AvgIpc) is 3.06. The Hall–Kier alpha value is -2.08. The molecule has 0 unspecified atom stereocenters. The van der Waals surface area contributed by atoms with Crippen LogP contribution in [0.3, 0.4) is 0 Å². The van der Waals surface area contributed by atoms with Crippen LogP contribution in [-0.4, -0.2) is 38.6 Å². The topological polar surface area (TPSA) is 55.2 Å². The maximum Gasteiger partial charge on any atom is 0.261 e. The van der Waals surface area contributed by atoms with Crippen molar-refractivity contribution in [2.45, 2.75) is 18.6 Å². The lowest BCUT2D eigenvalue weighted by Crippen LogP contribution is -2.31. The summed E-state index contributed by atoms with van der Waals surface area (Å²) >= 11 is 1.55. The van der Waals surface area contributed by atoms with Crippen molar-refractivity contribution in [2.24, 2.45) is 0 Å². The predicted molar refractivity (Wildman–Crippen MR) is 80.4 cm³/mol. The molecule has 0 radical (unpaired) electrons. The lowest BCUT2D eigenvalue weighted by atomic mass is 10.1. The Morgan fingerprint density at radius 1 is 1.14 bits per heavy atom. The summed E-state index contributed by atoms with van der Waals surface area (Å²) in [5.41, 5.74) is 1.00. The van der Waals surface area contributed by atoms with Crippen LogP contribution in [0.4, 0.5) is 0 Å². The average molecular weight is 301 g/mol. The first kappa shape index (κ1) is 13.9. The Kier molecular flexibility index (Phi) is 3.79. The van der Waals surface area contributed by atoms with Gasteiger partial charge in [-0.25, -0.2) is 4.98 Å². The van der Waals surface area contributed by atoms with Gasteiger partial charge in [-0.05, 0) is 19.1 Å². The molecule has 5 nitrogen and oxygen atoms in total. The van der Waals surface area contributed by atoms with E-state index in [0.29, 0.717) is 23.4 Å². The Morgan fingerprint density at radius 3 is 2.43 bits per heavy atom. The van der Waals surface area contributed by atoms with E-state index in [2.05, 4.69) is 11.9 Å². The van der Waals surface area contributed by atoms with Gasteiger partial charge in [0.15, 0.2) is 5.16 Å². The number of amides is 2. The molecule has 1 aromatic carbocycles. The minimum Gasteiger partial charge on any atom is -0.326 e. The minimum absolute atomic E-state index is 0.199. The molecule has 0 saturated heterocycles. The normalized spacial score (nSPS) is 13.9. The first-order valence-corrected chi connectivity index (χ1v) is 7.80. The van der Waals surface area contributed by atoms with Crippen molar-refractivity contribution in [3.8, 4) is 0 Å². The van der Waals surface area contributed by atoms with E-state index in [-0.39, 0.29) is 11.8 Å². The van der Waals surface area contributed by atoms with E-state index in [1.165, 1.54) is 4.90 Å². The van der Waals surface area contributed by atoms with Gasteiger partial charge in [0, 0.05) is 31.2 Å². The Labute approximate surface area is 127 Å². The number of hydrogen-bond donors (Lipinski definition) is 0. The third-order valence-electron chi connectivity index (χ3n) is 3.44. The van der Waals surface area contributed by atoms with Crippen LogP contribution < -0.4 is 0 Å². The fourth-order valence-electron chi connectivity index (χ4n) is 2.35. The van der Waals surface area contributed by atoms with E-state index in [4.69, 9.17) is 0 Å². The second kappa shape index (κ2) is 5.73. The van der Waals surface area contributed by atoms with Crippen LogP contribution in [0, 0.1) is 0 Å². The Bertz CT molecular complexity index is 661. The first-order valence-electron chi connectivity index (χ1n) is 6.81. The molecule has 0 bridgehead atoms. The number of thioether (sulfide) groups is 1. The van der Waals surface area contributed by atoms with E-state index in [0.717, 1.165) is 11.7 Å². The van der Waals surface area contributed by atoms with Gasteiger partial charge in [0.05, 0.1) is 11.1 Å². The van der Waals surface area contributed by atoms with Gasteiger partial charge in [-0.1, -0.05) is 23.9 Å². The lowest BCUT2D eigenvalue weighted by Gasteiger charge is -2.13. The monoisotopic (exact) mass is 301 g/mol. The summed E-state index contributed by atoms with van der Waals surface area (Å²) in [7, 11) is 0. The highest BCUT2D eigenvalue weighted by Crippen LogP contribution is 2.23. The summed E-state index contributed by atoms with van der Waals surface area (Å²) in [4.78, 5) is 30.0. The molecule has 1 aliphatic rings. The second-order valence-corrected chi connectivity index (χ2v) is 5.71. The number of imidazole rings is 1. The van der Waals surface area contributed by atoms with E-state index in [9.17, 15) is 9.59 Å². The molecule has 1 aromatic heterocycles. The van der Waals surface area contributed by atoms with Crippen LogP contribution in [0.25, 0.3) is 0 Å². The Morgan fingerprint density at radius 2 is 1.81 bits per heavy atom. The van der Waals surface area contributed by atoms with Crippen molar-refractivity contribution >= 4 is 23.6 Å². The summed E-state index contributed by atoms with van der Waals surface area (Å²) in [6.07, 6.45) is 3.68. The van der Waals surface area contributed by atoms with Gasteiger partial charge >= 0.3 is 0 Å². The van der Waals surface area contributed by atoms with Crippen molar-refractivity contribution in [1.29, 1.82) is 0 Å². The molecular formula is C15H15N3O2S. The number of aryl methyl sites for hydroxylation is 1. The van der Waals surface area contributed by atoms with Gasteiger partial charge < -0.3 is 4.57 Å². The number of imide groups is 1. The highest BCUT2D eigenvalue weighted by Gasteiger charge is 2.34. The highest BCUT2D eigenvalue weighted by atomic mass is 32.2. The number of rotatable bonds is 5. The van der Waals surface area contributed by atoms with Crippen molar-refractivity contribution in [3.63, 3.8) is 0 Å². The maximum absolute atomic E-state index is 12.2. The predicted octanol–water partition coefficient (Wildman–Crippen LogP) is 2.29. The van der Waals surface area contributed by atoms with Crippen LogP contribution in [-0.2, 0) is 6.54 Å². The van der Waals surface area contributed by atoms with Crippen molar-refractivity contribution in [2.75, 3.05) is 12.3 Å². The van der Waals surface area contributed by atoms with Crippen LogP contribution in [0.1, 0.15) is 27.6 Å². The molecule has 2 aromatic rings. The van der Waals surface area contributed by atoms with Crippen molar-refractivity contribution in [3.05, 3.63) is 47.8 Å². The molecule has 0 spiro atoms. The van der Waals surface area contributed by atoms with Gasteiger partial charge in [0.2, 0.25) is 0 Å². The molecule has 0 fully saturated rings. The first-order chi connectivity index (χ1) is 10.2. The zero-order valence-electron chi connectivity index (χ0n) is 11.7. The third-order valence-corrected chi connectivity index (χ3v) is 4.43. The molecule has 0 N–H and O–H groups in total. The summed E-state index contributed by atoms with van der Waals surface area (Å²) in [6, 6.07) is 6.96. The number of carbonyl (C=O) groups excluding carboxylic acids is 2. The molecule has 108 valence electrons. The molecule has 21 heavy (non-hydrogen) atoms. The van der Waals surface area contributed by atoms with E-state index in [1.54, 1.807) is 42.2 Å². The summed E-state index contributed by atoms with van der Waals surface area (Å²) < 4.78 is 2.03. The van der Waals surface area contributed by atoms with Gasteiger partial charge in [-0.15, -0.1) is 0 Å². The fraction of sp³-hybridized carbons (Fsp3) is 0.267. The number of aromatic nitrogens is 2. The molecule has 0 saturated carbocycles. The number of carbonyl (C=O) groups is 2. The minimum atomic E-state index is -0.199. The van der Waals surface area contributed by atoms with Crippen LogP contribution in [0.5, 0.6) is 0 Å². The maximum atomic E-state index is 12.2. The van der Waals surface area contributed by atoms with E-state index < -0.39 is 0 Å².